The average Bonchev–Trinajstić information content (AvgIpc) is 3.42. The second kappa shape index (κ2) is 12.1. The molecule has 3 aromatic rings. The molecule has 1 aliphatic carbocycles. The highest BCUT2D eigenvalue weighted by molar-refractivity contribution is 7.89. The van der Waals surface area contributed by atoms with Crippen LogP contribution in [0.1, 0.15) is 68.5 Å². The fourth-order valence-corrected chi connectivity index (χ4v) is 8.47. The molecule has 2 aromatic carbocycles. The van der Waals surface area contributed by atoms with E-state index in [1.54, 1.807) is 39.1 Å². The van der Waals surface area contributed by atoms with Crippen LogP contribution in [0.3, 0.4) is 0 Å². The van der Waals surface area contributed by atoms with Crippen molar-refractivity contribution in [1.82, 2.24) is 20.3 Å². The zero-order valence-electron chi connectivity index (χ0n) is 23.9. The van der Waals surface area contributed by atoms with Gasteiger partial charge in [-0.2, -0.15) is 0 Å². The first kappa shape index (κ1) is 30.1. The fraction of sp³-hybridized carbons (Fsp3) is 0.433. The third-order valence-corrected chi connectivity index (χ3v) is 10.6. The number of amides is 2. The Hall–Kier alpha value is -3.32. The van der Waals surface area contributed by atoms with Gasteiger partial charge >= 0.3 is 6.09 Å². The van der Waals surface area contributed by atoms with E-state index in [1.807, 2.05) is 24.3 Å². The number of hydrogen-bond donors (Lipinski definition) is 5. The third kappa shape index (κ3) is 7.17. The SMILES string of the molecule is CC(C)(C)NS(=O)(=O)c1cc(NC(=O)C2Cc3ccccc3CN2)ccc1-c1cnc(C2CCC(NC(=O)O)CC2)s1. The van der Waals surface area contributed by atoms with Crippen molar-refractivity contribution in [3.8, 4) is 10.4 Å². The second-order valence-electron chi connectivity index (χ2n) is 12.0. The molecule has 10 nitrogen and oxygen atoms in total. The van der Waals surface area contributed by atoms with Crippen LogP contribution in [-0.2, 0) is 27.8 Å². The van der Waals surface area contributed by atoms with E-state index in [0.717, 1.165) is 36.3 Å². The number of fused-ring (bicyclic) bond motifs is 1. The number of benzene rings is 2. The maximum atomic E-state index is 13.6. The highest BCUT2D eigenvalue weighted by atomic mass is 32.2. The number of hydrogen-bond acceptors (Lipinski definition) is 7. The zero-order valence-corrected chi connectivity index (χ0v) is 25.6. The smallest absolute Gasteiger partial charge is 0.404 e. The average molecular weight is 612 g/mol. The molecule has 2 aliphatic rings. The minimum Gasteiger partial charge on any atom is -0.465 e. The van der Waals surface area contributed by atoms with E-state index in [0.29, 0.717) is 29.1 Å². The highest BCUT2D eigenvalue weighted by Crippen LogP contribution is 2.40. The summed E-state index contributed by atoms with van der Waals surface area (Å²) >= 11 is 1.45. The summed E-state index contributed by atoms with van der Waals surface area (Å²) in [6.45, 7) is 5.93. The number of aromatic nitrogens is 1. The summed E-state index contributed by atoms with van der Waals surface area (Å²) in [6, 6.07) is 12.5. The Labute approximate surface area is 250 Å². The normalized spacial score (nSPS) is 20.9. The molecule has 5 rings (SSSR count). The predicted octanol–water partition coefficient (Wildman–Crippen LogP) is 4.83. The monoisotopic (exact) mass is 611 g/mol. The molecule has 1 aliphatic heterocycles. The molecule has 1 unspecified atom stereocenters. The second-order valence-corrected chi connectivity index (χ2v) is 14.7. The van der Waals surface area contributed by atoms with Crippen LogP contribution in [0.4, 0.5) is 10.5 Å². The number of thiazole rings is 1. The molecule has 1 atom stereocenters. The number of carbonyl (C=O) groups is 2. The first-order valence-corrected chi connectivity index (χ1v) is 16.4. The van der Waals surface area contributed by atoms with Crippen LogP contribution in [0, 0.1) is 0 Å². The van der Waals surface area contributed by atoms with Gasteiger partial charge in [-0.25, -0.2) is 22.9 Å². The Bertz CT molecular complexity index is 1570. The van der Waals surface area contributed by atoms with Gasteiger partial charge in [0.05, 0.1) is 20.8 Å². The third-order valence-electron chi connectivity index (χ3n) is 7.57. The van der Waals surface area contributed by atoms with Gasteiger partial charge < -0.3 is 21.1 Å². The van der Waals surface area contributed by atoms with E-state index in [-0.39, 0.29) is 22.8 Å². The molecule has 5 N–H and O–H groups in total. The van der Waals surface area contributed by atoms with E-state index in [2.05, 4.69) is 25.7 Å². The maximum absolute atomic E-state index is 13.6. The lowest BCUT2D eigenvalue weighted by atomic mass is 9.86. The number of anilines is 1. The van der Waals surface area contributed by atoms with Crippen molar-refractivity contribution < 1.29 is 23.1 Å². The zero-order chi connectivity index (χ0) is 30.1. The van der Waals surface area contributed by atoms with Crippen LogP contribution in [0.2, 0.25) is 0 Å². The summed E-state index contributed by atoms with van der Waals surface area (Å²) in [5.74, 6) is -0.0347. The molecule has 0 spiro atoms. The maximum Gasteiger partial charge on any atom is 0.404 e. The van der Waals surface area contributed by atoms with Gasteiger partial charge in [0, 0.05) is 41.5 Å². The van der Waals surface area contributed by atoms with E-state index in [9.17, 15) is 18.0 Å². The molecule has 42 heavy (non-hydrogen) atoms. The lowest BCUT2D eigenvalue weighted by Gasteiger charge is -2.27. The first-order chi connectivity index (χ1) is 19.9. The van der Waals surface area contributed by atoms with Gasteiger partial charge in [0.1, 0.15) is 0 Å². The van der Waals surface area contributed by atoms with Crippen LogP contribution in [0.5, 0.6) is 0 Å². The molecule has 1 aromatic heterocycles. The van der Waals surface area contributed by atoms with Crippen LogP contribution in [0.15, 0.2) is 53.6 Å². The minimum absolute atomic E-state index is 0.0558. The summed E-state index contributed by atoms with van der Waals surface area (Å²) in [5, 5.41) is 18.7. The lowest BCUT2D eigenvalue weighted by molar-refractivity contribution is -0.118. The highest BCUT2D eigenvalue weighted by Gasteiger charge is 2.30. The van der Waals surface area contributed by atoms with Gasteiger partial charge in [-0.3, -0.25) is 4.79 Å². The van der Waals surface area contributed by atoms with E-state index < -0.39 is 27.7 Å². The molecular formula is C30H37N5O5S2. The topological polar surface area (TPSA) is 150 Å². The fourth-order valence-electron chi connectivity index (χ4n) is 5.61. The van der Waals surface area contributed by atoms with Gasteiger partial charge in [0.2, 0.25) is 15.9 Å². The van der Waals surface area contributed by atoms with E-state index in [1.165, 1.54) is 23.0 Å². The van der Waals surface area contributed by atoms with Crippen LogP contribution < -0.4 is 20.7 Å². The van der Waals surface area contributed by atoms with Crippen molar-refractivity contribution in [1.29, 1.82) is 0 Å². The van der Waals surface area contributed by atoms with Gasteiger partial charge in [-0.15, -0.1) is 11.3 Å². The van der Waals surface area contributed by atoms with E-state index >= 15 is 0 Å². The van der Waals surface area contributed by atoms with Crippen molar-refractivity contribution in [2.75, 3.05) is 5.32 Å². The number of nitrogens with one attached hydrogen (secondary N) is 4. The van der Waals surface area contributed by atoms with E-state index in [4.69, 9.17) is 5.11 Å². The molecule has 224 valence electrons. The first-order valence-electron chi connectivity index (χ1n) is 14.1. The molecule has 0 saturated heterocycles. The molecular weight excluding hydrogens is 574 g/mol. The number of carboxylic acid groups (broad SMARTS) is 1. The largest absolute Gasteiger partial charge is 0.465 e. The summed E-state index contributed by atoms with van der Waals surface area (Å²) in [4.78, 5) is 29.6. The van der Waals surface area contributed by atoms with Crippen LogP contribution >= 0.6 is 11.3 Å². The van der Waals surface area contributed by atoms with Gasteiger partial charge in [-0.05, 0) is 76.1 Å². The Kier molecular flexibility index (Phi) is 8.70. The lowest BCUT2D eigenvalue weighted by Crippen LogP contribution is -2.44. The summed E-state index contributed by atoms with van der Waals surface area (Å²) in [5.41, 5.74) is 2.49. The summed E-state index contributed by atoms with van der Waals surface area (Å²) in [7, 11) is -3.96. The molecule has 12 heteroatoms. The van der Waals surface area contributed by atoms with Crippen molar-refractivity contribution in [3.05, 3.63) is 64.8 Å². The standard InChI is InChI=1S/C30H37N5O5S2/c1-30(2,3)35-42(39,40)26-15-22(33-27(36)24-14-19-6-4-5-7-20(19)16-31-24)12-13-23(26)25-17-32-28(41-25)18-8-10-21(11-9-18)34-29(37)38/h4-7,12-13,15,17-18,21,24,31,34-35H,8-11,14,16H2,1-3H3,(H,33,36)(H,37,38). The molecule has 1 saturated carbocycles. The number of sulfonamides is 1. The summed E-state index contributed by atoms with van der Waals surface area (Å²) < 4.78 is 30.0. The molecule has 2 heterocycles. The Balaban J connectivity index is 1.38. The van der Waals surface area contributed by atoms with Gasteiger partial charge in [0.15, 0.2) is 0 Å². The Morgan fingerprint density at radius 1 is 1.05 bits per heavy atom. The van der Waals surface area contributed by atoms with Gasteiger partial charge in [-0.1, -0.05) is 30.3 Å². The summed E-state index contributed by atoms with van der Waals surface area (Å²) in [6.07, 6.45) is 4.32. The number of carbonyl (C=O) groups excluding carboxylic acids is 1. The number of rotatable bonds is 7. The molecule has 2 amide bonds. The van der Waals surface area contributed by atoms with Gasteiger partial charge in [0.25, 0.3) is 0 Å². The minimum atomic E-state index is -3.96. The Morgan fingerprint density at radius 2 is 1.76 bits per heavy atom. The van der Waals surface area contributed by atoms with Crippen molar-refractivity contribution in [2.24, 2.45) is 0 Å². The Morgan fingerprint density at radius 3 is 2.45 bits per heavy atom. The molecule has 0 radical (unpaired) electrons. The molecule has 1 fully saturated rings. The molecule has 0 bridgehead atoms. The van der Waals surface area contributed by atoms with Crippen molar-refractivity contribution in [2.45, 2.75) is 87.9 Å². The number of nitrogens with zero attached hydrogens (tertiary/aromatic N) is 1. The van der Waals surface area contributed by atoms with Crippen LogP contribution in [0.25, 0.3) is 10.4 Å². The van der Waals surface area contributed by atoms with Crippen molar-refractivity contribution >= 4 is 39.0 Å². The predicted molar refractivity (Wildman–Crippen MR) is 163 cm³/mol. The van der Waals surface area contributed by atoms with Crippen molar-refractivity contribution in [3.63, 3.8) is 0 Å². The quantitative estimate of drug-likeness (QED) is 0.257. The van der Waals surface area contributed by atoms with Crippen LogP contribution in [-0.4, -0.2) is 48.1 Å².